The molecule has 2 unspecified atom stereocenters. The number of β-lactam (4-membered cyclic amide) rings is 1. The smallest absolute Gasteiger partial charge is 0.411 e. The number of rotatable bonds is 7. The number of alkyl halides is 3. The highest BCUT2D eigenvalue weighted by Crippen LogP contribution is 2.46. The van der Waals surface area contributed by atoms with Crippen molar-refractivity contribution in [2.45, 2.75) is 37.6 Å². The second kappa shape index (κ2) is 10.1. The lowest BCUT2D eigenvalue weighted by molar-refractivity contribution is -0.206. The van der Waals surface area contributed by atoms with E-state index in [4.69, 9.17) is 16.3 Å². The van der Waals surface area contributed by atoms with Gasteiger partial charge in [-0.15, -0.1) is 21.1 Å². The standard InChI is InChI=1S/C22H18ClF4N5O5S2/c23-15-8-7-12(38-15)11-37-21-28-18(29-31(21)19(33)13-5-1-2-6-14(13)24)16-17(22(25,26)27)32(20(16)34)39(35,36)30-9-3-4-10-30/h1-2,5-8,16-17H,3-4,9-11H2. The molecule has 4 heterocycles. The molecular weight excluding hydrogens is 590 g/mol. The highest BCUT2D eigenvalue weighted by molar-refractivity contribution is 7.87. The lowest BCUT2D eigenvalue weighted by atomic mass is 9.89. The summed E-state index contributed by atoms with van der Waals surface area (Å²) in [6.07, 6.45) is -4.29. The molecule has 1 amide bonds. The molecule has 39 heavy (non-hydrogen) atoms. The van der Waals surface area contributed by atoms with Crippen LogP contribution in [0, 0.1) is 5.82 Å². The van der Waals surface area contributed by atoms with Gasteiger partial charge in [0, 0.05) is 18.0 Å². The number of hydrogen-bond acceptors (Lipinski definition) is 8. The third-order valence-corrected chi connectivity index (χ3v) is 9.29. The molecule has 208 valence electrons. The lowest BCUT2D eigenvalue weighted by Crippen LogP contribution is -2.69. The van der Waals surface area contributed by atoms with Gasteiger partial charge in [0.15, 0.2) is 11.9 Å². The fourth-order valence-electron chi connectivity index (χ4n) is 4.32. The van der Waals surface area contributed by atoms with Gasteiger partial charge < -0.3 is 4.74 Å². The third-order valence-electron chi connectivity index (χ3n) is 6.17. The molecule has 5 rings (SSSR count). The molecule has 2 aromatic heterocycles. The first-order valence-corrected chi connectivity index (χ1v) is 14.0. The molecular formula is C22H18ClF4N5O5S2. The van der Waals surface area contributed by atoms with Crippen molar-refractivity contribution in [2.24, 2.45) is 0 Å². The van der Waals surface area contributed by atoms with Gasteiger partial charge in [-0.3, -0.25) is 9.59 Å². The molecule has 1 aromatic carbocycles. The highest BCUT2D eigenvalue weighted by atomic mass is 35.5. The largest absolute Gasteiger partial charge is 0.458 e. The van der Waals surface area contributed by atoms with Crippen LogP contribution in [0.3, 0.4) is 0 Å². The van der Waals surface area contributed by atoms with Gasteiger partial charge in [0.2, 0.25) is 0 Å². The van der Waals surface area contributed by atoms with E-state index in [2.05, 4.69) is 10.1 Å². The number of benzene rings is 1. The van der Waals surface area contributed by atoms with E-state index in [1.54, 1.807) is 12.1 Å². The van der Waals surface area contributed by atoms with Crippen LogP contribution in [-0.2, 0) is 21.6 Å². The average molecular weight is 608 g/mol. The summed E-state index contributed by atoms with van der Waals surface area (Å²) in [6.45, 7) is -0.261. The van der Waals surface area contributed by atoms with Gasteiger partial charge in [-0.25, -0.2) is 8.70 Å². The summed E-state index contributed by atoms with van der Waals surface area (Å²) in [7, 11) is -4.76. The van der Waals surface area contributed by atoms with E-state index in [0.29, 0.717) is 26.7 Å². The monoisotopic (exact) mass is 607 g/mol. The summed E-state index contributed by atoms with van der Waals surface area (Å²) in [5.74, 6) is -6.43. The Morgan fingerprint density at radius 3 is 2.46 bits per heavy atom. The van der Waals surface area contributed by atoms with Crippen LogP contribution in [0.4, 0.5) is 17.6 Å². The summed E-state index contributed by atoms with van der Waals surface area (Å²) in [5.41, 5.74) is -0.483. The molecule has 17 heteroatoms. The van der Waals surface area contributed by atoms with Gasteiger partial charge in [-0.1, -0.05) is 23.7 Å². The number of hydrogen-bond donors (Lipinski definition) is 0. The van der Waals surface area contributed by atoms with Crippen LogP contribution in [0.2, 0.25) is 4.34 Å². The maximum absolute atomic E-state index is 14.3. The Labute approximate surface area is 227 Å². The van der Waals surface area contributed by atoms with Gasteiger partial charge >= 0.3 is 22.4 Å². The van der Waals surface area contributed by atoms with Crippen molar-refractivity contribution in [3.05, 3.63) is 62.8 Å². The first-order chi connectivity index (χ1) is 18.4. The first-order valence-electron chi connectivity index (χ1n) is 11.4. The van der Waals surface area contributed by atoms with Crippen LogP contribution in [0.1, 0.15) is 39.8 Å². The molecule has 0 N–H and O–H groups in total. The van der Waals surface area contributed by atoms with Crippen molar-refractivity contribution in [2.75, 3.05) is 13.1 Å². The Bertz CT molecular complexity index is 1540. The number of amides is 1. The topological polar surface area (TPSA) is 115 Å². The molecule has 3 aromatic rings. The molecule has 2 aliphatic heterocycles. The average Bonchev–Trinajstić information content (AvgIpc) is 3.62. The number of carbonyl (C=O) groups is 2. The molecule has 2 fully saturated rings. The summed E-state index contributed by atoms with van der Waals surface area (Å²) >= 11 is 7.02. The Balaban J connectivity index is 1.53. The summed E-state index contributed by atoms with van der Waals surface area (Å²) < 4.78 is 89.5. The number of aromatic nitrogens is 3. The molecule has 0 bridgehead atoms. The molecule has 2 aliphatic rings. The fraction of sp³-hybridized carbons (Fsp3) is 0.364. The maximum atomic E-state index is 14.3. The minimum absolute atomic E-state index is 0.0178. The normalized spacial score (nSPS) is 20.3. The van der Waals surface area contributed by atoms with Gasteiger partial charge in [0.05, 0.1) is 9.90 Å². The highest BCUT2D eigenvalue weighted by Gasteiger charge is 2.67. The van der Waals surface area contributed by atoms with E-state index in [1.807, 2.05) is 0 Å². The van der Waals surface area contributed by atoms with E-state index in [0.717, 1.165) is 27.8 Å². The number of nitrogens with zero attached hydrogens (tertiary/aromatic N) is 5. The molecule has 2 saturated heterocycles. The SMILES string of the molecule is O=C1C(c2nc(OCc3ccc(Cl)s3)n(C(=O)c3ccccc3F)n2)C(C(F)(F)F)N1S(=O)(=O)N1CCCC1. The molecule has 10 nitrogen and oxygen atoms in total. The number of halogens is 5. The van der Waals surface area contributed by atoms with E-state index >= 15 is 0 Å². The van der Waals surface area contributed by atoms with Crippen LogP contribution >= 0.6 is 22.9 Å². The minimum atomic E-state index is -5.18. The third kappa shape index (κ3) is 5.01. The Morgan fingerprint density at radius 2 is 1.85 bits per heavy atom. The summed E-state index contributed by atoms with van der Waals surface area (Å²) in [5, 5.41) is 3.78. The number of thiophene rings is 1. The van der Waals surface area contributed by atoms with Crippen LogP contribution in [0.25, 0.3) is 0 Å². The first kappa shape index (κ1) is 27.5. The molecule has 2 atom stereocenters. The van der Waals surface area contributed by atoms with E-state index in [9.17, 15) is 35.6 Å². The van der Waals surface area contributed by atoms with Crippen molar-refractivity contribution >= 4 is 45.0 Å². The quantitative estimate of drug-likeness (QED) is 0.298. The fourth-order valence-corrected chi connectivity index (χ4v) is 7.16. The van der Waals surface area contributed by atoms with Gasteiger partial charge in [0.25, 0.3) is 11.8 Å². The Hall–Kier alpha value is -3.08. The van der Waals surface area contributed by atoms with Crippen LogP contribution in [0.5, 0.6) is 6.01 Å². The second-order valence-corrected chi connectivity index (χ2v) is 12.3. The van der Waals surface area contributed by atoms with Crippen molar-refractivity contribution in [3.63, 3.8) is 0 Å². The Kier molecular flexibility index (Phi) is 7.15. The zero-order valence-electron chi connectivity index (χ0n) is 19.6. The zero-order chi connectivity index (χ0) is 28.1. The van der Waals surface area contributed by atoms with E-state index in [-0.39, 0.29) is 24.0 Å². The zero-order valence-corrected chi connectivity index (χ0v) is 22.0. The summed E-state index contributed by atoms with van der Waals surface area (Å²) in [6, 6.07) is 4.56. The molecule has 0 aliphatic carbocycles. The molecule has 0 saturated carbocycles. The van der Waals surface area contributed by atoms with Crippen LogP contribution in [-0.4, -0.2) is 68.9 Å². The van der Waals surface area contributed by atoms with Gasteiger partial charge in [-0.2, -0.15) is 30.9 Å². The molecule has 0 spiro atoms. The van der Waals surface area contributed by atoms with Crippen molar-refractivity contribution < 1.29 is 40.3 Å². The van der Waals surface area contributed by atoms with E-state index < -0.39 is 63.4 Å². The Morgan fingerprint density at radius 1 is 1.15 bits per heavy atom. The van der Waals surface area contributed by atoms with Crippen LogP contribution in [0.15, 0.2) is 36.4 Å². The van der Waals surface area contributed by atoms with Crippen molar-refractivity contribution in [3.8, 4) is 6.01 Å². The maximum Gasteiger partial charge on any atom is 0.411 e. The van der Waals surface area contributed by atoms with E-state index in [1.165, 1.54) is 12.1 Å². The predicted octanol–water partition coefficient (Wildman–Crippen LogP) is 3.60. The lowest BCUT2D eigenvalue weighted by Gasteiger charge is -2.46. The van der Waals surface area contributed by atoms with Crippen LogP contribution < -0.4 is 4.74 Å². The number of carbonyl (C=O) groups excluding carboxylic acids is 2. The number of ether oxygens (including phenoxy) is 1. The summed E-state index contributed by atoms with van der Waals surface area (Å²) in [4.78, 5) is 30.5. The minimum Gasteiger partial charge on any atom is -0.458 e. The molecule has 0 radical (unpaired) electrons. The van der Waals surface area contributed by atoms with Crippen molar-refractivity contribution in [1.29, 1.82) is 0 Å². The second-order valence-electron chi connectivity index (χ2n) is 8.66. The van der Waals surface area contributed by atoms with Gasteiger partial charge in [-0.05, 0) is 37.1 Å². The van der Waals surface area contributed by atoms with Gasteiger partial charge in [0.1, 0.15) is 18.3 Å². The predicted molar refractivity (Wildman–Crippen MR) is 129 cm³/mol. The van der Waals surface area contributed by atoms with Crippen molar-refractivity contribution in [1.82, 2.24) is 23.4 Å².